The molecule has 2 rings (SSSR count). The Hall–Kier alpha value is -2.38. The molecular weight excluding hydrogens is 310 g/mol. The largest absolute Gasteiger partial charge is 0.450 e. The minimum absolute atomic E-state index is 0.107. The Morgan fingerprint density at radius 1 is 1.04 bits per heavy atom. The zero-order valence-corrected chi connectivity index (χ0v) is 14.6. The smallest absolute Gasteiger partial charge is 0.409 e. The highest BCUT2D eigenvalue weighted by molar-refractivity contribution is 5.93. The van der Waals surface area contributed by atoms with Gasteiger partial charge >= 0.3 is 6.09 Å². The normalized spacial score (nSPS) is 14.5. The van der Waals surface area contributed by atoms with Crippen LogP contribution in [0.15, 0.2) is 12.4 Å². The minimum atomic E-state index is -0.323. The summed E-state index contributed by atoms with van der Waals surface area (Å²) in [6.07, 6.45) is 2.82. The zero-order valence-electron chi connectivity index (χ0n) is 14.6. The van der Waals surface area contributed by atoms with E-state index >= 15 is 0 Å². The van der Waals surface area contributed by atoms with Gasteiger partial charge in [0.05, 0.1) is 12.2 Å². The van der Waals surface area contributed by atoms with Crippen molar-refractivity contribution in [2.75, 3.05) is 50.8 Å². The zero-order chi connectivity index (χ0) is 17.5. The first-order chi connectivity index (χ1) is 11.6. The summed E-state index contributed by atoms with van der Waals surface area (Å²) in [5, 5.41) is 0. The number of anilines is 1. The highest BCUT2D eigenvalue weighted by Gasteiger charge is 2.25. The summed E-state index contributed by atoms with van der Waals surface area (Å²) >= 11 is 0. The molecule has 0 aromatic carbocycles. The molecule has 0 unspecified atom stereocenters. The van der Waals surface area contributed by atoms with Gasteiger partial charge in [-0.15, -0.1) is 0 Å². The van der Waals surface area contributed by atoms with E-state index < -0.39 is 0 Å². The molecule has 1 aromatic heterocycles. The Morgan fingerprint density at radius 2 is 1.58 bits per heavy atom. The van der Waals surface area contributed by atoms with Crippen molar-refractivity contribution in [2.45, 2.75) is 20.8 Å². The predicted molar refractivity (Wildman–Crippen MR) is 90.1 cm³/mol. The standard InChI is InChI=1S/C16H25N5O3/c1-4-19(5-2)15-17-11-13(12-18-15)14(22)20-7-9-21(10-8-20)16(23)24-6-3/h11-12H,4-10H2,1-3H3. The first kappa shape index (κ1) is 18.0. The van der Waals surface area contributed by atoms with E-state index in [0.29, 0.717) is 44.3 Å². The average molecular weight is 335 g/mol. The first-order valence-corrected chi connectivity index (χ1v) is 8.38. The molecule has 1 aromatic rings. The number of hydrogen-bond acceptors (Lipinski definition) is 6. The highest BCUT2D eigenvalue weighted by Crippen LogP contribution is 2.11. The number of amides is 2. The van der Waals surface area contributed by atoms with Crippen molar-refractivity contribution in [3.8, 4) is 0 Å². The number of ether oxygens (including phenoxy) is 1. The van der Waals surface area contributed by atoms with Gasteiger partial charge in [-0.2, -0.15) is 0 Å². The van der Waals surface area contributed by atoms with E-state index in [2.05, 4.69) is 9.97 Å². The van der Waals surface area contributed by atoms with Crippen molar-refractivity contribution in [3.05, 3.63) is 18.0 Å². The molecule has 8 nitrogen and oxygen atoms in total. The van der Waals surface area contributed by atoms with Gasteiger partial charge in [-0.05, 0) is 20.8 Å². The van der Waals surface area contributed by atoms with Crippen LogP contribution in [0, 0.1) is 0 Å². The van der Waals surface area contributed by atoms with Crippen LogP contribution in [0.2, 0.25) is 0 Å². The Kier molecular flexibility index (Phi) is 6.34. The van der Waals surface area contributed by atoms with Crippen LogP contribution in [-0.4, -0.2) is 77.6 Å². The number of rotatable bonds is 5. The Balaban J connectivity index is 1.94. The molecule has 24 heavy (non-hydrogen) atoms. The van der Waals surface area contributed by atoms with Gasteiger partial charge in [-0.25, -0.2) is 14.8 Å². The Bertz CT molecular complexity index is 551. The third-order valence-electron chi connectivity index (χ3n) is 4.02. The summed E-state index contributed by atoms with van der Waals surface area (Å²) in [5.74, 6) is 0.522. The van der Waals surface area contributed by atoms with Crippen LogP contribution in [0.4, 0.5) is 10.7 Å². The van der Waals surface area contributed by atoms with Gasteiger partial charge in [-0.1, -0.05) is 0 Å². The minimum Gasteiger partial charge on any atom is -0.450 e. The van der Waals surface area contributed by atoms with Crippen LogP contribution in [0.5, 0.6) is 0 Å². The quantitative estimate of drug-likeness (QED) is 0.805. The van der Waals surface area contributed by atoms with Crippen LogP contribution >= 0.6 is 0 Å². The molecule has 1 aliphatic rings. The third kappa shape index (κ3) is 4.12. The number of piperazine rings is 1. The molecule has 1 fully saturated rings. The number of nitrogens with zero attached hydrogens (tertiary/aromatic N) is 5. The second kappa shape index (κ2) is 8.47. The average Bonchev–Trinajstić information content (AvgIpc) is 2.63. The van der Waals surface area contributed by atoms with E-state index in [1.165, 1.54) is 0 Å². The highest BCUT2D eigenvalue weighted by atomic mass is 16.6. The Labute approximate surface area is 142 Å². The van der Waals surface area contributed by atoms with Crippen molar-refractivity contribution < 1.29 is 14.3 Å². The molecule has 1 aliphatic heterocycles. The lowest BCUT2D eigenvalue weighted by Gasteiger charge is -2.34. The molecule has 0 bridgehead atoms. The van der Waals surface area contributed by atoms with Gasteiger partial charge in [0.15, 0.2) is 0 Å². The summed E-state index contributed by atoms with van der Waals surface area (Å²) < 4.78 is 4.98. The molecule has 0 atom stereocenters. The van der Waals surface area contributed by atoms with Gasteiger partial charge < -0.3 is 19.4 Å². The lowest BCUT2D eigenvalue weighted by Crippen LogP contribution is -2.50. The number of aromatic nitrogens is 2. The van der Waals surface area contributed by atoms with Crippen LogP contribution < -0.4 is 4.90 Å². The molecule has 0 saturated carbocycles. The maximum atomic E-state index is 12.5. The molecule has 0 N–H and O–H groups in total. The van der Waals surface area contributed by atoms with Gasteiger partial charge in [-0.3, -0.25) is 4.79 Å². The van der Waals surface area contributed by atoms with E-state index in [9.17, 15) is 9.59 Å². The predicted octanol–water partition coefficient (Wildman–Crippen LogP) is 1.24. The van der Waals surface area contributed by atoms with Crippen molar-refractivity contribution >= 4 is 17.9 Å². The maximum absolute atomic E-state index is 12.5. The van der Waals surface area contributed by atoms with Crippen LogP contribution in [0.3, 0.4) is 0 Å². The summed E-state index contributed by atoms with van der Waals surface area (Å²) in [7, 11) is 0. The third-order valence-corrected chi connectivity index (χ3v) is 4.02. The van der Waals surface area contributed by atoms with Crippen molar-refractivity contribution in [3.63, 3.8) is 0 Å². The van der Waals surface area contributed by atoms with Gasteiger partial charge in [0.25, 0.3) is 5.91 Å². The fourth-order valence-corrected chi connectivity index (χ4v) is 2.59. The molecule has 0 aliphatic carbocycles. The molecular formula is C16H25N5O3. The number of carbonyl (C=O) groups excluding carboxylic acids is 2. The fourth-order valence-electron chi connectivity index (χ4n) is 2.59. The van der Waals surface area contributed by atoms with Gasteiger partial charge in [0, 0.05) is 51.7 Å². The van der Waals surface area contributed by atoms with E-state index in [1.54, 1.807) is 29.1 Å². The summed E-state index contributed by atoms with van der Waals surface area (Å²) in [5.41, 5.74) is 0.468. The number of carbonyl (C=O) groups is 2. The Morgan fingerprint density at radius 3 is 2.08 bits per heavy atom. The van der Waals surface area contributed by atoms with Crippen molar-refractivity contribution in [1.29, 1.82) is 0 Å². The molecule has 1 saturated heterocycles. The molecule has 0 radical (unpaired) electrons. The van der Waals surface area contributed by atoms with Crippen molar-refractivity contribution in [2.24, 2.45) is 0 Å². The van der Waals surface area contributed by atoms with E-state index in [0.717, 1.165) is 13.1 Å². The fraction of sp³-hybridized carbons (Fsp3) is 0.625. The van der Waals surface area contributed by atoms with Gasteiger partial charge in [0.1, 0.15) is 0 Å². The second-order valence-electron chi connectivity index (χ2n) is 5.42. The molecule has 0 spiro atoms. The SMILES string of the molecule is CCOC(=O)N1CCN(C(=O)c2cnc(N(CC)CC)nc2)CC1. The lowest BCUT2D eigenvalue weighted by molar-refractivity contribution is 0.0570. The molecule has 132 valence electrons. The maximum Gasteiger partial charge on any atom is 0.409 e. The van der Waals surface area contributed by atoms with Crippen LogP contribution in [-0.2, 0) is 4.74 Å². The summed E-state index contributed by atoms with van der Waals surface area (Å²) in [6.45, 7) is 9.76. The van der Waals surface area contributed by atoms with E-state index in [1.807, 2.05) is 18.7 Å². The monoisotopic (exact) mass is 335 g/mol. The van der Waals surface area contributed by atoms with E-state index in [4.69, 9.17) is 4.74 Å². The van der Waals surface area contributed by atoms with Crippen molar-refractivity contribution in [1.82, 2.24) is 19.8 Å². The van der Waals surface area contributed by atoms with Gasteiger partial charge in [0.2, 0.25) is 5.95 Å². The topological polar surface area (TPSA) is 78.9 Å². The van der Waals surface area contributed by atoms with E-state index in [-0.39, 0.29) is 12.0 Å². The lowest BCUT2D eigenvalue weighted by atomic mass is 10.2. The van der Waals surface area contributed by atoms with Crippen LogP contribution in [0.1, 0.15) is 31.1 Å². The number of hydrogen-bond donors (Lipinski definition) is 0. The summed E-state index contributed by atoms with van der Waals surface area (Å²) in [4.78, 5) is 38.1. The first-order valence-electron chi connectivity index (χ1n) is 8.38. The summed E-state index contributed by atoms with van der Waals surface area (Å²) in [6, 6.07) is 0. The van der Waals surface area contributed by atoms with Crippen LogP contribution in [0.25, 0.3) is 0 Å². The molecule has 2 amide bonds. The molecule has 2 heterocycles. The molecule has 8 heteroatoms. The second-order valence-corrected chi connectivity index (χ2v) is 5.42.